The van der Waals surface area contributed by atoms with E-state index in [4.69, 9.17) is 10.5 Å². The summed E-state index contributed by atoms with van der Waals surface area (Å²) in [6, 6.07) is 1.75. The molecule has 1 aliphatic heterocycles. The Morgan fingerprint density at radius 3 is 2.85 bits per heavy atom. The fourth-order valence-corrected chi connectivity index (χ4v) is 2.42. The molecule has 0 fully saturated rings. The SMILES string of the molecule is COc1nc(N)cc2nc(C)nc(N3C=CCCC3)c12. The van der Waals surface area contributed by atoms with Crippen LogP contribution in [0.25, 0.3) is 10.9 Å². The van der Waals surface area contributed by atoms with Gasteiger partial charge in [-0.2, -0.15) is 4.98 Å². The molecule has 20 heavy (non-hydrogen) atoms. The first-order chi connectivity index (χ1) is 9.69. The number of nitrogen functional groups attached to an aromatic ring is 1. The van der Waals surface area contributed by atoms with Crippen molar-refractivity contribution < 1.29 is 4.74 Å². The zero-order chi connectivity index (χ0) is 14.1. The number of hydrogen-bond acceptors (Lipinski definition) is 6. The van der Waals surface area contributed by atoms with Crippen LogP contribution in [0.4, 0.5) is 11.6 Å². The maximum absolute atomic E-state index is 5.80. The zero-order valence-electron chi connectivity index (χ0n) is 11.6. The van der Waals surface area contributed by atoms with Crippen LogP contribution in [0.1, 0.15) is 18.7 Å². The van der Waals surface area contributed by atoms with Crippen LogP contribution in [0, 0.1) is 6.92 Å². The molecule has 2 aromatic rings. The number of fused-ring (bicyclic) bond motifs is 1. The van der Waals surface area contributed by atoms with Crippen LogP contribution in [0.5, 0.6) is 5.88 Å². The van der Waals surface area contributed by atoms with Gasteiger partial charge in [0.25, 0.3) is 0 Å². The fourth-order valence-electron chi connectivity index (χ4n) is 2.42. The quantitative estimate of drug-likeness (QED) is 0.900. The zero-order valence-corrected chi connectivity index (χ0v) is 11.6. The largest absolute Gasteiger partial charge is 0.480 e. The van der Waals surface area contributed by atoms with Gasteiger partial charge < -0.3 is 15.4 Å². The highest BCUT2D eigenvalue weighted by molar-refractivity contribution is 5.95. The van der Waals surface area contributed by atoms with Gasteiger partial charge in [0.15, 0.2) is 0 Å². The van der Waals surface area contributed by atoms with Gasteiger partial charge in [0.05, 0.1) is 12.6 Å². The molecule has 0 saturated carbocycles. The first-order valence-corrected chi connectivity index (χ1v) is 6.61. The van der Waals surface area contributed by atoms with E-state index in [-0.39, 0.29) is 0 Å². The first kappa shape index (κ1) is 12.7. The van der Waals surface area contributed by atoms with E-state index in [1.165, 1.54) is 0 Å². The highest BCUT2D eigenvalue weighted by Crippen LogP contribution is 2.33. The second-order valence-electron chi connectivity index (χ2n) is 4.77. The molecule has 1 aliphatic rings. The Morgan fingerprint density at radius 2 is 2.15 bits per heavy atom. The van der Waals surface area contributed by atoms with E-state index in [1.807, 2.05) is 6.92 Å². The lowest BCUT2D eigenvalue weighted by Crippen LogP contribution is -2.22. The summed E-state index contributed by atoms with van der Waals surface area (Å²) in [6.45, 7) is 2.80. The molecule has 0 radical (unpaired) electrons. The van der Waals surface area contributed by atoms with E-state index in [2.05, 4.69) is 32.1 Å². The topological polar surface area (TPSA) is 77.2 Å². The van der Waals surface area contributed by atoms with E-state index >= 15 is 0 Å². The lowest BCUT2D eigenvalue weighted by atomic mass is 10.2. The molecule has 104 valence electrons. The smallest absolute Gasteiger partial charge is 0.228 e. The Morgan fingerprint density at radius 1 is 1.30 bits per heavy atom. The van der Waals surface area contributed by atoms with E-state index in [0.29, 0.717) is 17.5 Å². The molecule has 0 spiro atoms. The third-order valence-corrected chi connectivity index (χ3v) is 3.28. The Labute approximate surface area is 117 Å². The van der Waals surface area contributed by atoms with Gasteiger partial charge in [0, 0.05) is 18.8 Å². The summed E-state index contributed by atoms with van der Waals surface area (Å²) in [5.41, 5.74) is 6.56. The van der Waals surface area contributed by atoms with Gasteiger partial charge in [0.2, 0.25) is 5.88 Å². The molecule has 3 heterocycles. The summed E-state index contributed by atoms with van der Waals surface area (Å²) in [5, 5.41) is 0.804. The second-order valence-corrected chi connectivity index (χ2v) is 4.77. The molecule has 6 heteroatoms. The molecule has 0 atom stereocenters. The van der Waals surface area contributed by atoms with Gasteiger partial charge in [-0.15, -0.1) is 0 Å². The molecular weight excluding hydrogens is 254 g/mol. The predicted octanol–water partition coefficient (Wildman–Crippen LogP) is 2.04. The number of hydrogen-bond donors (Lipinski definition) is 1. The Balaban J connectivity index is 2.29. The summed E-state index contributed by atoms with van der Waals surface area (Å²) < 4.78 is 5.36. The average molecular weight is 271 g/mol. The van der Waals surface area contributed by atoms with Crippen molar-refractivity contribution in [1.29, 1.82) is 0 Å². The standard InChI is InChI=1S/C14H17N5O/c1-9-16-10-8-11(15)18-14(20-2)12(10)13(17-9)19-6-4-3-5-7-19/h4,6,8H,3,5,7H2,1-2H3,(H2,15,18). The molecule has 6 nitrogen and oxygen atoms in total. The van der Waals surface area contributed by atoms with E-state index in [0.717, 1.165) is 36.1 Å². The number of ether oxygens (including phenoxy) is 1. The van der Waals surface area contributed by atoms with Gasteiger partial charge in [-0.3, -0.25) is 0 Å². The van der Waals surface area contributed by atoms with Gasteiger partial charge in [0.1, 0.15) is 22.8 Å². The summed E-state index contributed by atoms with van der Waals surface area (Å²) in [5.74, 6) is 2.40. The third-order valence-electron chi connectivity index (χ3n) is 3.28. The number of nitrogens with two attached hydrogens (primary N) is 1. The molecule has 0 aromatic carbocycles. The van der Waals surface area contributed by atoms with Crippen molar-refractivity contribution in [3.8, 4) is 5.88 Å². The first-order valence-electron chi connectivity index (χ1n) is 6.61. The van der Waals surface area contributed by atoms with Crippen LogP contribution >= 0.6 is 0 Å². The van der Waals surface area contributed by atoms with Gasteiger partial charge in [-0.05, 0) is 19.8 Å². The molecule has 2 aromatic heterocycles. The van der Waals surface area contributed by atoms with Crippen molar-refractivity contribution in [2.45, 2.75) is 19.8 Å². The van der Waals surface area contributed by atoms with Crippen LogP contribution in [0.3, 0.4) is 0 Å². The molecular formula is C14H17N5O. The summed E-state index contributed by atoms with van der Waals surface area (Å²) in [6.07, 6.45) is 6.40. The van der Waals surface area contributed by atoms with E-state index in [1.54, 1.807) is 13.2 Å². The monoisotopic (exact) mass is 271 g/mol. The number of pyridine rings is 1. The Bertz CT molecular complexity index is 678. The van der Waals surface area contributed by atoms with Crippen molar-refractivity contribution in [3.05, 3.63) is 24.2 Å². The number of nitrogens with zero attached hydrogens (tertiary/aromatic N) is 4. The maximum Gasteiger partial charge on any atom is 0.228 e. The van der Waals surface area contributed by atoms with Crippen LogP contribution in [-0.2, 0) is 0 Å². The minimum absolute atomic E-state index is 0.396. The highest BCUT2D eigenvalue weighted by Gasteiger charge is 2.18. The second kappa shape index (κ2) is 4.96. The number of aryl methyl sites for hydroxylation is 1. The van der Waals surface area contributed by atoms with Crippen molar-refractivity contribution in [1.82, 2.24) is 15.0 Å². The van der Waals surface area contributed by atoms with Gasteiger partial charge in [-0.25, -0.2) is 9.97 Å². The van der Waals surface area contributed by atoms with Crippen molar-refractivity contribution in [2.24, 2.45) is 0 Å². The molecule has 0 amide bonds. The molecule has 2 N–H and O–H groups in total. The molecule has 0 aliphatic carbocycles. The fraction of sp³-hybridized carbons (Fsp3) is 0.357. The number of rotatable bonds is 2. The lowest BCUT2D eigenvalue weighted by molar-refractivity contribution is 0.404. The molecule has 0 bridgehead atoms. The maximum atomic E-state index is 5.80. The number of anilines is 2. The van der Waals surface area contributed by atoms with Crippen LogP contribution in [-0.4, -0.2) is 28.6 Å². The Kier molecular flexibility index (Phi) is 3.14. The normalized spacial score (nSPS) is 14.8. The average Bonchev–Trinajstić information content (AvgIpc) is 2.46. The molecule has 0 unspecified atom stereocenters. The van der Waals surface area contributed by atoms with Crippen LogP contribution < -0.4 is 15.4 Å². The number of aromatic nitrogens is 3. The molecule has 0 saturated heterocycles. The van der Waals surface area contributed by atoms with Crippen molar-refractivity contribution >= 4 is 22.5 Å². The van der Waals surface area contributed by atoms with Gasteiger partial charge in [-0.1, -0.05) is 6.08 Å². The van der Waals surface area contributed by atoms with Crippen LogP contribution in [0.2, 0.25) is 0 Å². The summed E-state index contributed by atoms with van der Waals surface area (Å²) in [4.78, 5) is 15.3. The molecule has 3 rings (SSSR count). The van der Waals surface area contributed by atoms with Crippen molar-refractivity contribution in [3.63, 3.8) is 0 Å². The van der Waals surface area contributed by atoms with E-state index < -0.39 is 0 Å². The summed E-state index contributed by atoms with van der Waals surface area (Å²) >= 11 is 0. The summed E-state index contributed by atoms with van der Waals surface area (Å²) in [7, 11) is 1.58. The van der Waals surface area contributed by atoms with Crippen LogP contribution in [0.15, 0.2) is 18.3 Å². The predicted molar refractivity (Wildman–Crippen MR) is 78.8 cm³/mol. The number of methoxy groups -OCH3 is 1. The highest BCUT2D eigenvalue weighted by atomic mass is 16.5. The Hall–Kier alpha value is -2.37. The van der Waals surface area contributed by atoms with Gasteiger partial charge >= 0.3 is 0 Å². The number of allylic oxidation sites excluding steroid dienone is 1. The lowest BCUT2D eigenvalue weighted by Gasteiger charge is -2.24. The van der Waals surface area contributed by atoms with E-state index in [9.17, 15) is 0 Å². The third kappa shape index (κ3) is 2.13. The van der Waals surface area contributed by atoms with Crippen molar-refractivity contribution in [2.75, 3.05) is 24.3 Å². The minimum atomic E-state index is 0.396. The minimum Gasteiger partial charge on any atom is -0.480 e.